The highest BCUT2D eigenvalue weighted by Crippen LogP contribution is 2.36. The van der Waals surface area contributed by atoms with E-state index in [1.165, 1.54) is 6.08 Å². The number of hydrogen-bond donors (Lipinski definition) is 6. The number of para-hydroxylation sites is 1. The van der Waals surface area contributed by atoms with Crippen LogP contribution in [0.1, 0.15) is 56.9 Å². The van der Waals surface area contributed by atoms with Crippen LogP contribution in [0.2, 0.25) is 10.0 Å². The van der Waals surface area contributed by atoms with Crippen molar-refractivity contribution in [3.63, 3.8) is 0 Å². The number of aromatic amines is 2. The number of halogens is 2. The van der Waals surface area contributed by atoms with Crippen molar-refractivity contribution in [1.29, 1.82) is 0 Å². The number of anilines is 4. The summed E-state index contributed by atoms with van der Waals surface area (Å²) in [7, 11) is 3.90. The summed E-state index contributed by atoms with van der Waals surface area (Å²) in [6.07, 6.45) is 21.1. The van der Waals surface area contributed by atoms with E-state index in [-0.39, 0.29) is 36.1 Å². The van der Waals surface area contributed by atoms with Crippen LogP contribution >= 0.6 is 23.2 Å². The molecule has 2 aliphatic carbocycles. The lowest BCUT2D eigenvalue weighted by Gasteiger charge is -2.30. The Labute approximate surface area is 439 Å². The monoisotopic (exact) mass is 1030 g/mol. The van der Waals surface area contributed by atoms with Gasteiger partial charge in [-0.05, 0) is 131 Å². The van der Waals surface area contributed by atoms with Gasteiger partial charge in [0.25, 0.3) is 0 Å². The summed E-state index contributed by atoms with van der Waals surface area (Å²) in [5.74, 6) is 2.05. The molecule has 4 aromatic carbocycles. The highest BCUT2D eigenvalue weighted by atomic mass is 35.5. The van der Waals surface area contributed by atoms with E-state index in [1.54, 1.807) is 24.5 Å². The fourth-order valence-corrected chi connectivity index (χ4v) is 10.0. The molecule has 6 N–H and O–H groups in total. The number of ether oxygens (including phenoxy) is 2. The molecule has 8 aromatic rings. The average Bonchev–Trinajstić information content (AvgIpc) is 4.03. The summed E-state index contributed by atoms with van der Waals surface area (Å²) in [5.41, 5.74) is 7.14. The van der Waals surface area contributed by atoms with Gasteiger partial charge in [0.2, 0.25) is 23.7 Å². The predicted octanol–water partition coefficient (Wildman–Crippen LogP) is 12.2. The number of fused-ring (bicyclic) bond motifs is 2. The molecule has 0 radical (unpaired) electrons. The van der Waals surface area contributed by atoms with Crippen LogP contribution in [0, 0.1) is 0 Å². The van der Waals surface area contributed by atoms with Gasteiger partial charge in [-0.25, -0.2) is 19.9 Å². The van der Waals surface area contributed by atoms with Gasteiger partial charge in [0, 0.05) is 100 Å². The molecule has 4 atom stereocenters. The SMILES string of the molecule is CN(C)C/C=C/C(=O)Nc1ccc(O[C@@H]2CCC[C@@H](Nc3ncc(Cl)c(-c4c[nH]c5ccc(/C=C\C(=O)Nc6ccc(O[C@@H]7CCC[C@@H](Nc8ncc(Cl)c(-c9c[nH]c%10ccccc9%10)n8)C7)cc6)cc45)n3)C2)cc1. The summed E-state index contributed by atoms with van der Waals surface area (Å²) in [5, 5.41) is 15.8. The standard InChI is InChI=1S/C57H57Cl2N11O4/c1-70(2)27-7-14-52(71)64-36-17-21-40(22-18-36)73-43-11-6-9-39(30-43)67-57-63-34-49(59)55(69-57)47-32-61-51-25-15-35(28-45(47)51)16-26-53(72)65-37-19-23-41(24-20-37)74-42-10-5-8-38(29-42)66-56-62-33-48(58)54(68-56)46-31-60-50-13-4-3-12-44(46)50/h3-4,7,12-26,28,31-34,38-39,42-43,60-61H,5-6,8-11,27,29-30H2,1-2H3,(H,64,71)(H,65,72)(H,62,66,68)(H,63,67,69)/b14-7+,26-16-/t38-,39-,42-,43-/m1/s1. The van der Waals surface area contributed by atoms with Crippen LogP contribution in [-0.2, 0) is 9.59 Å². The zero-order valence-electron chi connectivity index (χ0n) is 41.1. The van der Waals surface area contributed by atoms with Crippen LogP contribution in [0.4, 0.5) is 23.3 Å². The second-order valence-corrected chi connectivity index (χ2v) is 19.9. The number of carbonyl (C=O) groups excluding carboxylic acids is 2. The molecule has 0 spiro atoms. The summed E-state index contributed by atoms with van der Waals surface area (Å²) < 4.78 is 12.8. The van der Waals surface area contributed by atoms with Crippen LogP contribution < -0.4 is 30.7 Å². The second-order valence-electron chi connectivity index (χ2n) is 19.1. The van der Waals surface area contributed by atoms with Crippen molar-refractivity contribution in [3.05, 3.63) is 150 Å². The first kappa shape index (κ1) is 49.8. The Hall–Kier alpha value is -7.72. The number of benzene rings is 4. The molecule has 2 aliphatic rings. The Morgan fingerprint density at radius 2 is 1.19 bits per heavy atom. The van der Waals surface area contributed by atoms with Gasteiger partial charge >= 0.3 is 0 Å². The first-order chi connectivity index (χ1) is 36.0. The number of aromatic nitrogens is 6. The lowest BCUT2D eigenvalue weighted by atomic mass is 9.93. The molecule has 2 amide bonds. The van der Waals surface area contributed by atoms with Gasteiger partial charge < -0.3 is 45.6 Å². The van der Waals surface area contributed by atoms with Gasteiger partial charge in [0.05, 0.1) is 33.8 Å². The maximum atomic E-state index is 13.2. The van der Waals surface area contributed by atoms with Crippen molar-refractivity contribution in [2.45, 2.75) is 75.7 Å². The van der Waals surface area contributed by atoms with Gasteiger partial charge in [-0.2, -0.15) is 0 Å². The molecular weight excluding hydrogens is 974 g/mol. The number of nitrogens with one attached hydrogen (secondary N) is 6. The predicted molar refractivity (Wildman–Crippen MR) is 296 cm³/mol. The van der Waals surface area contributed by atoms with Gasteiger partial charge in [-0.3, -0.25) is 9.59 Å². The molecule has 17 heteroatoms. The minimum atomic E-state index is -0.265. The van der Waals surface area contributed by atoms with E-state index in [4.69, 9.17) is 42.6 Å². The maximum absolute atomic E-state index is 13.2. The molecule has 0 aliphatic heterocycles. The highest BCUT2D eigenvalue weighted by molar-refractivity contribution is 6.33. The molecule has 0 bridgehead atoms. The normalized spacial score (nSPS) is 18.0. The second kappa shape index (κ2) is 23.0. The zero-order valence-corrected chi connectivity index (χ0v) is 42.6. The fourth-order valence-electron chi connectivity index (χ4n) is 9.62. The largest absolute Gasteiger partial charge is 0.490 e. The van der Waals surface area contributed by atoms with Crippen LogP contribution in [-0.4, -0.2) is 91.5 Å². The molecular formula is C57H57Cl2N11O4. The summed E-state index contributed by atoms with van der Waals surface area (Å²) >= 11 is 13.4. The lowest BCUT2D eigenvalue weighted by molar-refractivity contribution is -0.112. The van der Waals surface area contributed by atoms with Crippen molar-refractivity contribution in [1.82, 2.24) is 34.8 Å². The van der Waals surface area contributed by atoms with E-state index in [0.717, 1.165) is 101 Å². The Bertz CT molecular complexity index is 3320. The molecule has 0 unspecified atom stereocenters. The first-order valence-electron chi connectivity index (χ1n) is 25.0. The third-order valence-electron chi connectivity index (χ3n) is 13.2. The smallest absolute Gasteiger partial charge is 0.248 e. The zero-order chi connectivity index (χ0) is 51.0. The van der Waals surface area contributed by atoms with E-state index in [9.17, 15) is 9.59 Å². The summed E-state index contributed by atoms with van der Waals surface area (Å²) in [4.78, 5) is 52.8. The Kier molecular flexibility index (Phi) is 15.5. The van der Waals surface area contributed by atoms with Crippen molar-refractivity contribution >= 4 is 86.2 Å². The lowest BCUT2D eigenvalue weighted by Crippen LogP contribution is -2.33. The quantitative estimate of drug-likeness (QED) is 0.0477. The third kappa shape index (κ3) is 12.5. The molecule has 0 saturated heterocycles. The fraction of sp³-hybridized carbons (Fsp3) is 0.263. The van der Waals surface area contributed by atoms with E-state index in [1.807, 2.05) is 122 Å². The summed E-state index contributed by atoms with van der Waals surface area (Å²) in [6.45, 7) is 0.690. The number of amides is 2. The van der Waals surface area contributed by atoms with Crippen molar-refractivity contribution in [2.24, 2.45) is 0 Å². The van der Waals surface area contributed by atoms with Crippen LogP contribution in [0.25, 0.3) is 50.4 Å². The topological polar surface area (TPSA) is 187 Å². The molecule has 4 aromatic heterocycles. The minimum absolute atomic E-state index is 0.000838. The third-order valence-corrected chi connectivity index (χ3v) is 13.8. The van der Waals surface area contributed by atoms with Crippen molar-refractivity contribution in [3.8, 4) is 34.0 Å². The van der Waals surface area contributed by atoms with E-state index in [0.29, 0.717) is 51.2 Å². The van der Waals surface area contributed by atoms with Crippen molar-refractivity contribution in [2.75, 3.05) is 41.9 Å². The van der Waals surface area contributed by atoms with Gasteiger partial charge in [-0.1, -0.05) is 53.5 Å². The number of hydrogen-bond acceptors (Lipinski definition) is 11. The molecule has 74 heavy (non-hydrogen) atoms. The number of carbonyl (C=O) groups is 2. The highest BCUT2D eigenvalue weighted by Gasteiger charge is 2.26. The van der Waals surface area contributed by atoms with Crippen LogP contribution in [0.5, 0.6) is 11.5 Å². The Morgan fingerprint density at radius 3 is 1.76 bits per heavy atom. The van der Waals surface area contributed by atoms with E-state index >= 15 is 0 Å². The van der Waals surface area contributed by atoms with E-state index in [2.05, 4.69) is 47.3 Å². The molecule has 2 fully saturated rings. The number of nitrogens with zero attached hydrogens (tertiary/aromatic N) is 5. The van der Waals surface area contributed by atoms with Crippen molar-refractivity contribution < 1.29 is 19.1 Å². The van der Waals surface area contributed by atoms with E-state index < -0.39 is 0 Å². The number of H-pyrrole nitrogens is 2. The minimum Gasteiger partial charge on any atom is -0.490 e. The number of rotatable bonds is 17. The first-order valence-corrected chi connectivity index (χ1v) is 25.7. The summed E-state index contributed by atoms with van der Waals surface area (Å²) in [6, 6.07) is 29.1. The van der Waals surface area contributed by atoms with Crippen LogP contribution in [0.3, 0.4) is 0 Å². The molecule has 4 heterocycles. The van der Waals surface area contributed by atoms with Gasteiger partial charge in [0.1, 0.15) is 23.7 Å². The molecule has 2 saturated carbocycles. The van der Waals surface area contributed by atoms with Gasteiger partial charge in [0.15, 0.2) is 0 Å². The van der Waals surface area contributed by atoms with Crippen LogP contribution in [0.15, 0.2) is 134 Å². The van der Waals surface area contributed by atoms with Gasteiger partial charge in [-0.15, -0.1) is 0 Å². The number of likely N-dealkylation sites (N-methyl/N-ethyl adjacent to an activating group) is 1. The maximum Gasteiger partial charge on any atom is 0.248 e. The molecule has 378 valence electrons. The molecule has 10 rings (SSSR count). The Balaban J connectivity index is 0.711. The average molecular weight is 1030 g/mol. The Morgan fingerprint density at radius 1 is 0.662 bits per heavy atom. The molecule has 15 nitrogen and oxygen atoms in total.